The van der Waals surface area contributed by atoms with Crippen LogP contribution in [0.15, 0.2) is 6.20 Å². The van der Waals surface area contributed by atoms with E-state index in [0.29, 0.717) is 21.4 Å². The highest BCUT2D eigenvalue weighted by Crippen LogP contribution is 2.21. The van der Waals surface area contributed by atoms with Gasteiger partial charge in [0.15, 0.2) is 5.69 Å². The Morgan fingerprint density at radius 3 is 2.35 bits per heavy atom. The summed E-state index contributed by atoms with van der Waals surface area (Å²) in [4.78, 5) is 12.1. The molecule has 5 nitrogen and oxygen atoms in total. The summed E-state index contributed by atoms with van der Waals surface area (Å²) in [5.41, 5.74) is 1.34. The van der Waals surface area contributed by atoms with Gasteiger partial charge in [0.25, 0.3) is 5.91 Å². The molecule has 0 saturated carbocycles. The second kappa shape index (κ2) is 4.16. The molecule has 0 spiro atoms. The lowest BCUT2D eigenvalue weighted by Crippen LogP contribution is -2.16. The Morgan fingerprint density at radius 1 is 1.29 bits per heavy atom. The van der Waals surface area contributed by atoms with Crippen LogP contribution in [0.3, 0.4) is 0 Å². The molecule has 2 rings (SSSR count). The van der Waals surface area contributed by atoms with E-state index in [4.69, 9.17) is 23.2 Å². The Hall–Kier alpha value is -1.33. The fourth-order valence-electron chi connectivity index (χ4n) is 1.53. The molecule has 0 N–H and O–H groups in total. The minimum atomic E-state index is -0.386. The Morgan fingerprint density at radius 2 is 1.94 bits per heavy atom. The van der Waals surface area contributed by atoms with Crippen molar-refractivity contribution in [3.8, 4) is 0 Å². The van der Waals surface area contributed by atoms with Gasteiger partial charge < -0.3 is 0 Å². The predicted octanol–water partition coefficient (Wildman–Crippen LogP) is 2.23. The second-order valence-corrected chi connectivity index (χ2v) is 4.49. The molecule has 2 aromatic heterocycles. The van der Waals surface area contributed by atoms with Crippen LogP contribution in [0.5, 0.6) is 0 Å². The molecule has 90 valence electrons. The molecule has 2 aromatic rings. The smallest absolute Gasteiger partial charge is 0.273 e. The van der Waals surface area contributed by atoms with Crippen molar-refractivity contribution in [2.45, 2.75) is 13.8 Å². The molecule has 0 aliphatic rings. The molecule has 0 saturated heterocycles. The molecule has 0 fully saturated rings. The van der Waals surface area contributed by atoms with E-state index in [0.717, 1.165) is 0 Å². The Kier molecular flexibility index (Phi) is 2.97. The molecule has 0 atom stereocenters. The van der Waals surface area contributed by atoms with E-state index in [1.165, 1.54) is 9.36 Å². The van der Waals surface area contributed by atoms with Crippen LogP contribution in [-0.4, -0.2) is 25.5 Å². The number of rotatable bonds is 1. The van der Waals surface area contributed by atoms with Gasteiger partial charge in [0.05, 0.1) is 21.4 Å². The summed E-state index contributed by atoms with van der Waals surface area (Å²) >= 11 is 11.9. The molecule has 0 aliphatic carbocycles. The fraction of sp³-hybridized carbons (Fsp3) is 0.300. The third-order valence-electron chi connectivity index (χ3n) is 2.38. The Balaban J connectivity index is 2.51. The van der Waals surface area contributed by atoms with Gasteiger partial charge in [-0.05, 0) is 13.8 Å². The topological polar surface area (TPSA) is 52.7 Å². The van der Waals surface area contributed by atoms with Crippen molar-refractivity contribution >= 4 is 29.1 Å². The Labute approximate surface area is 108 Å². The third kappa shape index (κ3) is 1.96. The van der Waals surface area contributed by atoms with Crippen LogP contribution < -0.4 is 0 Å². The molecule has 0 unspecified atom stereocenters. The largest absolute Gasteiger partial charge is 0.300 e. The lowest BCUT2D eigenvalue weighted by Gasteiger charge is -2.00. The molecule has 0 radical (unpaired) electrons. The van der Waals surface area contributed by atoms with Crippen molar-refractivity contribution < 1.29 is 4.79 Å². The first-order valence-electron chi connectivity index (χ1n) is 4.87. The molecular weight excluding hydrogens is 263 g/mol. The first kappa shape index (κ1) is 12.1. The highest BCUT2D eigenvalue weighted by molar-refractivity contribution is 6.34. The summed E-state index contributed by atoms with van der Waals surface area (Å²) in [6.45, 7) is 3.45. The van der Waals surface area contributed by atoms with E-state index >= 15 is 0 Å². The summed E-state index contributed by atoms with van der Waals surface area (Å²) in [6.07, 6.45) is 1.56. The van der Waals surface area contributed by atoms with E-state index in [1.807, 2.05) is 0 Å². The average Bonchev–Trinajstić information content (AvgIpc) is 2.72. The van der Waals surface area contributed by atoms with Crippen molar-refractivity contribution in [3.63, 3.8) is 0 Å². The number of hydrogen-bond donors (Lipinski definition) is 0. The molecular formula is C10H10Cl2N4O. The quantitative estimate of drug-likeness (QED) is 0.800. The minimum absolute atomic E-state index is 0.163. The van der Waals surface area contributed by atoms with E-state index in [-0.39, 0.29) is 11.6 Å². The number of aryl methyl sites for hydroxylation is 2. The number of halogens is 2. The summed E-state index contributed by atoms with van der Waals surface area (Å²) in [5.74, 6) is -0.386. The van der Waals surface area contributed by atoms with Crippen molar-refractivity contribution in [1.82, 2.24) is 19.6 Å². The minimum Gasteiger partial charge on any atom is -0.273 e. The number of hydrogen-bond acceptors (Lipinski definition) is 3. The number of carbonyl (C=O) groups excluding carboxylic acids is 1. The molecule has 0 aliphatic heterocycles. The van der Waals surface area contributed by atoms with Gasteiger partial charge in [-0.25, -0.2) is 0 Å². The zero-order chi connectivity index (χ0) is 12.7. The number of nitrogens with zero attached hydrogens (tertiary/aromatic N) is 4. The zero-order valence-corrected chi connectivity index (χ0v) is 11.0. The fourth-order valence-corrected chi connectivity index (χ4v) is 1.90. The number of aromatic nitrogens is 4. The van der Waals surface area contributed by atoms with E-state index in [2.05, 4.69) is 10.2 Å². The van der Waals surface area contributed by atoms with Crippen molar-refractivity contribution in [3.05, 3.63) is 33.3 Å². The normalized spacial score (nSPS) is 10.9. The molecule has 0 amide bonds. The summed E-state index contributed by atoms with van der Waals surface area (Å²) in [6, 6.07) is 0. The second-order valence-electron chi connectivity index (χ2n) is 3.70. The molecule has 0 bridgehead atoms. The van der Waals surface area contributed by atoms with E-state index < -0.39 is 0 Å². The van der Waals surface area contributed by atoms with Gasteiger partial charge in [0.1, 0.15) is 0 Å². The monoisotopic (exact) mass is 272 g/mol. The van der Waals surface area contributed by atoms with Crippen molar-refractivity contribution in [2.75, 3.05) is 0 Å². The maximum absolute atomic E-state index is 12.1. The van der Waals surface area contributed by atoms with Gasteiger partial charge in [-0.1, -0.05) is 23.2 Å². The lowest BCUT2D eigenvalue weighted by molar-refractivity contribution is 0.0937. The lowest BCUT2D eigenvalue weighted by atomic mass is 10.3. The predicted molar refractivity (Wildman–Crippen MR) is 64.7 cm³/mol. The SMILES string of the molecule is Cc1nn(C(=O)c2nn(C)cc2Cl)c(C)c1Cl. The van der Waals surface area contributed by atoms with Gasteiger partial charge in [-0.3, -0.25) is 9.48 Å². The maximum Gasteiger partial charge on any atom is 0.300 e. The van der Waals surface area contributed by atoms with Crippen molar-refractivity contribution in [1.29, 1.82) is 0 Å². The van der Waals surface area contributed by atoms with Crippen LogP contribution in [0, 0.1) is 13.8 Å². The molecule has 17 heavy (non-hydrogen) atoms. The van der Waals surface area contributed by atoms with Crippen LogP contribution in [0.25, 0.3) is 0 Å². The summed E-state index contributed by atoms with van der Waals surface area (Å²) < 4.78 is 2.69. The summed E-state index contributed by atoms with van der Waals surface area (Å²) in [5, 5.41) is 8.83. The Bertz CT molecular complexity index is 600. The van der Waals surface area contributed by atoms with Crippen LogP contribution in [0.2, 0.25) is 10.0 Å². The van der Waals surface area contributed by atoms with E-state index in [9.17, 15) is 4.79 Å². The first-order valence-corrected chi connectivity index (χ1v) is 5.63. The van der Waals surface area contributed by atoms with Crippen LogP contribution in [-0.2, 0) is 7.05 Å². The van der Waals surface area contributed by atoms with Gasteiger partial charge in [-0.2, -0.15) is 14.9 Å². The zero-order valence-electron chi connectivity index (χ0n) is 9.53. The maximum atomic E-state index is 12.1. The van der Waals surface area contributed by atoms with Crippen LogP contribution in [0.4, 0.5) is 0 Å². The highest BCUT2D eigenvalue weighted by atomic mass is 35.5. The third-order valence-corrected chi connectivity index (χ3v) is 3.21. The van der Waals surface area contributed by atoms with Gasteiger partial charge in [0.2, 0.25) is 0 Å². The van der Waals surface area contributed by atoms with Gasteiger partial charge in [0, 0.05) is 13.2 Å². The standard InChI is InChI=1S/C10H10Cl2N4O/c1-5-8(12)6(2)16(13-5)10(17)9-7(11)4-15(3)14-9/h4H,1-3H3. The van der Waals surface area contributed by atoms with Crippen LogP contribution in [0.1, 0.15) is 21.9 Å². The summed E-state index contributed by atoms with van der Waals surface area (Å²) in [7, 11) is 1.69. The van der Waals surface area contributed by atoms with Gasteiger partial charge >= 0.3 is 0 Å². The molecule has 7 heteroatoms. The first-order chi connectivity index (χ1) is 7.91. The number of carbonyl (C=O) groups is 1. The van der Waals surface area contributed by atoms with Crippen LogP contribution >= 0.6 is 23.2 Å². The molecule has 0 aromatic carbocycles. The van der Waals surface area contributed by atoms with Gasteiger partial charge in [-0.15, -0.1) is 0 Å². The average molecular weight is 273 g/mol. The highest BCUT2D eigenvalue weighted by Gasteiger charge is 2.21. The molecule has 2 heterocycles. The van der Waals surface area contributed by atoms with E-state index in [1.54, 1.807) is 27.1 Å². The van der Waals surface area contributed by atoms with Crippen molar-refractivity contribution in [2.24, 2.45) is 7.05 Å².